The first-order valence-corrected chi connectivity index (χ1v) is 8.74. The molecule has 0 bridgehead atoms. The lowest BCUT2D eigenvalue weighted by Crippen LogP contribution is -1.85. The van der Waals surface area contributed by atoms with Crippen LogP contribution in [0.25, 0.3) is 0 Å². The van der Waals surface area contributed by atoms with E-state index in [1.54, 1.807) is 12.2 Å². The van der Waals surface area contributed by atoms with E-state index in [4.69, 9.17) is 10.2 Å². The molecule has 0 aromatic heterocycles. The monoisotopic (exact) mass is 380 g/mol. The summed E-state index contributed by atoms with van der Waals surface area (Å²) in [7, 11) is 0. The van der Waals surface area contributed by atoms with Crippen LogP contribution in [0.3, 0.4) is 0 Å². The molecule has 0 rings (SSSR count). The summed E-state index contributed by atoms with van der Waals surface area (Å²) in [6.45, 7) is 7.63. The van der Waals surface area contributed by atoms with Crippen molar-refractivity contribution in [1.29, 1.82) is 0 Å². The van der Waals surface area contributed by atoms with E-state index in [9.17, 15) is 9.59 Å². The molecule has 28 heavy (non-hydrogen) atoms. The smallest absolute Gasteiger partial charge is 0.328 e. The van der Waals surface area contributed by atoms with Crippen molar-refractivity contribution in [1.82, 2.24) is 0 Å². The Bertz CT molecular complexity index is 740. The lowest BCUT2D eigenvalue weighted by molar-refractivity contribution is -0.132. The van der Waals surface area contributed by atoms with Gasteiger partial charge in [-0.15, -0.1) is 0 Å². The molecule has 0 aromatic carbocycles. The van der Waals surface area contributed by atoms with Gasteiger partial charge in [-0.05, 0) is 27.7 Å². The minimum absolute atomic E-state index is 0.857. The van der Waals surface area contributed by atoms with Gasteiger partial charge in [0.05, 0.1) is 0 Å². The molecule has 0 aromatic rings. The Balaban J connectivity index is 4.66. The fourth-order valence-electron chi connectivity index (χ4n) is 1.75. The first-order chi connectivity index (χ1) is 13.2. The van der Waals surface area contributed by atoms with E-state index < -0.39 is 11.9 Å². The molecule has 2 N–H and O–H groups in total. The van der Waals surface area contributed by atoms with Crippen molar-refractivity contribution in [2.75, 3.05) is 0 Å². The molecule has 0 aliphatic carbocycles. The average Bonchev–Trinajstić information content (AvgIpc) is 2.61. The van der Waals surface area contributed by atoms with Crippen LogP contribution in [-0.4, -0.2) is 22.2 Å². The molecule has 0 unspecified atom stereocenters. The number of aliphatic carboxylic acids is 2. The molecule has 0 radical (unpaired) electrons. The molecular weight excluding hydrogens is 352 g/mol. The SMILES string of the molecule is CC(C=CC=C(C)C=CC(=O)O)=CC=CC=C(C)C=CC=C(C)/C=C/C(=O)O. The number of carboxylic acid groups (broad SMARTS) is 2. The van der Waals surface area contributed by atoms with Crippen molar-refractivity contribution in [3.8, 4) is 0 Å². The minimum atomic E-state index is -0.961. The summed E-state index contributed by atoms with van der Waals surface area (Å²) in [6, 6.07) is 0. The molecule has 0 spiro atoms. The third-order valence-corrected chi connectivity index (χ3v) is 3.24. The average molecular weight is 380 g/mol. The molecule has 4 nitrogen and oxygen atoms in total. The van der Waals surface area contributed by atoms with E-state index in [0.717, 1.165) is 34.4 Å². The summed E-state index contributed by atoms with van der Waals surface area (Å²) < 4.78 is 0. The Labute approximate surface area is 167 Å². The largest absolute Gasteiger partial charge is 0.478 e. The van der Waals surface area contributed by atoms with E-state index in [-0.39, 0.29) is 0 Å². The molecule has 0 heterocycles. The first kappa shape index (κ1) is 24.6. The second-order valence-electron chi connectivity index (χ2n) is 6.09. The summed E-state index contributed by atoms with van der Waals surface area (Å²) in [4.78, 5) is 20.9. The fourth-order valence-corrected chi connectivity index (χ4v) is 1.75. The standard InChI is InChI=1S/C24H28O4/c1-19(11-7-13-21(3)15-17-23(25)26)9-5-6-10-20(2)12-8-14-22(4)16-18-24(27)28/h5-18H,1-4H3,(H,25,26)(H,27,28)/b6-5?,11-7?,12-8?,17-15+,18-16?,19-9?,20-10?,21-13?,22-14?. The maximum Gasteiger partial charge on any atom is 0.328 e. The highest BCUT2D eigenvalue weighted by atomic mass is 16.4. The highest BCUT2D eigenvalue weighted by molar-refractivity contribution is 5.80. The van der Waals surface area contributed by atoms with Crippen molar-refractivity contribution < 1.29 is 19.8 Å². The van der Waals surface area contributed by atoms with Crippen LogP contribution in [0.4, 0.5) is 0 Å². The second kappa shape index (κ2) is 14.7. The van der Waals surface area contributed by atoms with Gasteiger partial charge in [-0.3, -0.25) is 0 Å². The highest BCUT2D eigenvalue weighted by Crippen LogP contribution is 2.02. The van der Waals surface area contributed by atoms with Crippen LogP contribution in [-0.2, 0) is 9.59 Å². The molecule has 0 aliphatic heterocycles. The predicted molar refractivity (Wildman–Crippen MR) is 116 cm³/mol. The molecule has 4 heteroatoms. The third kappa shape index (κ3) is 16.1. The fraction of sp³-hybridized carbons (Fsp3) is 0.167. The van der Waals surface area contributed by atoms with Gasteiger partial charge < -0.3 is 10.2 Å². The zero-order valence-electron chi connectivity index (χ0n) is 16.8. The van der Waals surface area contributed by atoms with Crippen molar-refractivity contribution in [3.63, 3.8) is 0 Å². The van der Waals surface area contributed by atoms with Gasteiger partial charge in [0, 0.05) is 12.2 Å². The number of carbonyl (C=O) groups is 2. The molecule has 0 saturated carbocycles. The number of rotatable bonds is 10. The Morgan fingerprint density at radius 2 is 0.750 bits per heavy atom. The van der Waals surface area contributed by atoms with Gasteiger partial charge >= 0.3 is 11.9 Å². The van der Waals surface area contributed by atoms with E-state index >= 15 is 0 Å². The van der Waals surface area contributed by atoms with Gasteiger partial charge in [-0.25, -0.2) is 9.59 Å². The Hall–Kier alpha value is -3.40. The van der Waals surface area contributed by atoms with Crippen LogP contribution in [0.5, 0.6) is 0 Å². The maximum absolute atomic E-state index is 10.4. The first-order valence-electron chi connectivity index (χ1n) is 8.74. The highest BCUT2D eigenvalue weighted by Gasteiger charge is 1.86. The number of allylic oxidation sites excluding steroid dienone is 16. The molecule has 0 atom stereocenters. The maximum atomic E-state index is 10.4. The Morgan fingerprint density at radius 3 is 1.07 bits per heavy atom. The lowest BCUT2D eigenvalue weighted by Gasteiger charge is -1.90. The molecule has 0 aliphatic rings. The van der Waals surface area contributed by atoms with Crippen LogP contribution >= 0.6 is 0 Å². The van der Waals surface area contributed by atoms with E-state index in [1.807, 2.05) is 88.5 Å². The summed E-state index contributed by atoms with van der Waals surface area (Å²) in [5.41, 5.74) is 3.84. The van der Waals surface area contributed by atoms with Gasteiger partial charge in [0.2, 0.25) is 0 Å². The van der Waals surface area contributed by atoms with E-state index in [1.165, 1.54) is 0 Å². The third-order valence-electron chi connectivity index (χ3n) is 3.24. The van der Waals surface area contributed by atoms with Crippen molar-refractivity contribution in [2.45, 2.75) is 27.7 Å². The van der Waals surface area contributed by atoms with Gasteiger partial charge in [-0.2, -0.15) is 0 Å². The Morgan fingerprint density at radius 1 is 0.464 bits per heavy atom. The predicted octanol–water partition coefficient (Wildman–Crippen LogP) is 5.72. The normalized spacial score (nSPS) is 15.1. The van der Waals surface area contributed by atoms with Crippen molar-refractivity contribution >= 4 is 11.9 Å². The van der Waals surface area contributed by atoms with Gasteiger partial charge in [-0.1, -0.05) is 95.2 Å². The second-order valence-corrected chi connectivity index (χ2v) is 6.09. The van der Waals surface area contributed by atoms with Crippen LogP contribution in [0.2, 0.25) is 0 Å². The Kier molecular flexibility index (Phi) is 12.9. The van der Waals surface area contributed by atoms with Gasteiger partial charge in [0.15, 0.2) is 0 Å². The topological polar surface area (TPSA) is 74.6 Å². The van der Waals surface area contributed by atoms with Crippen LogP contribution < -0.4 is 0 Å². The van der Waals surface area contributed by atoms with Gasteiger partial charge in [0.25, 0.3) is 0 Å². The number of hydrogen-bond donors (Lipinski definition) is 2. The zero-order chi connectivity index (χ0) is 21.4. The van der Waals surface area contributed by atoms with E-state index in [2.05, 4.69) is 0 Å². The van der Waals surface area contributed by atoms with Crippen molar-refractivity contribution in [2.24, 2.45) is 0 Å². The van der Waals surface area contributed by atoms with E-state index in [0.29, 0.717) is 0 Å². The summed E-state index contributed by atoms with van der Waals surface area (Å²) in [5.74, 6) is -1.92. The van der Waals surface area contributed by atoms with Crippen LogP contribution in [0.1, 0.15) is 27.7 Å². The quantitative estimate of drug-likeness (QED) is 0.375. The van der Waals surface area contributed by atoms with Crippen molar-refractivity contribution in [3.05, 3.63) is 107 Å². The molecule has 0 saturated heterocycles. The molecule has 0 amide bonds. The molecule has 148 valence electrons. The molecule has 0 fully saturated rings. The van der Waals surface area contributed by atoms with Gasteiger partial charge in [0.1, 0.15) is 0 Å². The summed E-state index contributed by atoms with van der Waals surface area (Å²) in [6.07, 6.45) is 24.5. The van der Waals surface area contributed by atoms with Crippen LogP contribution in [0.15, 0.2) is 107 Å². The number of hydrogen-bond acceptors (Lipinski definition) is 2. The molecular formula is C24H28O4. The zero-order valence-corrected chi connectivity index (χ0v) is 16.8. The number of carboxylic acids is 2. The summed E-state index contributed by atoms with van der Waals surface area (Å²) >= 11 is 0. The lowest BCUT2D eigenvalue weighted by atomic mass is 10.2. The summed E-state index contributed by atoms with van der Waals surface area (Å²) in [5, 5.41) is 17.1. The van der Waals surface area contributed by atoms with Crippen LogP contribution in [0, 0.1) is 0 Å². The minimum Gasteiger partial charge on any atom is -0.478 e.